The van der Waals surface area contributed by atoms with E-state index < -0.39 is 0 Å². The van der Waals surface area contributed by atoms with Crippen molar-refractivity contribution in [3.05, 3.63) is 29.3 Å². The Labute approximate surface area is 72.3 Å². The first-order valence-electron chi connectivity index (χ1n) is 4.23. The van der Waals surface area contributed by atoms with Crippen molar-refractivity contribution >= 4 is 0 Å². The summed E-state index contributed by atoms with van der Waals surface area (Å²) in [5.41, 5.74) is 8.53. The lowest BCUT2D eigenvalue weighted by Crippen LogP contribution is -2.04. The molecule has 2 rings (SSSR count). The third kappa shape index (κ3) is 1.08. The van der Waals surface area contributed by atoms with Crippen LogP contribution in [0.15, 0.2) is 18.2 Å². The quantitative estimate of drug-likeness (QED) is 0.683. The van der Waals surface area contributed by atoms with E-state index in [0.717, 1.165) is 18.6 Å². The van der Waals surface area contributed by atoms with E-state index in [2.05, 4.69) is 12.1 Å². The van der Waals surface area contributed by atoms with Crippen molar-refractivity contribution in [2.75, 3.05) is 7.11 Å². The van der Waals surface area contributed by atoms with Gasteiger partial charge in [0.1, 0.15) is 5.75 Å². The van der Waals surface area contributed by atoms with Crippen molar-refractivity contribution in [3.8, 4) is 5.75 Å². The lowest BCUT2D eigenvalue weighted by Gasteiger charge is -2.05. The molecule has 0 fully saturated rings. The van der Waals surface area contributed by atoms with Gasteiger partial charge in [0.15, 0.2) is 0 Å². The predicted molar refractivity (Wildman–Crippen MR) is 48.2 cm³/mol. The van der Waals surface area contributed by atoms with Crippen LogP contribution in [0.3, 0.4) is 0 Å². The fourth-order valence-corrected chi connectivity index (χ4v) is 1.75. The van der Waals surface area contributed by atoms with Gasteiger partial charge in [-0.05, 0) is 36.1 Å². The monoisotopic (exact) mass is 163 g/mol. The highest BCUT2D eigenvalue weighted by molar-refractivity contribution is 5.40. The second-order valence-corrected chi connectivity index (χ2v) is 3.21. The average Bonchev–Trinajstić information content (AvgIpc) is 2.47. The van der Waals surface area contributed by atoms with Gasteiger partial charge >= 0.3 is 0 Å². The van der Waals surface area contributed by atoms with E-state index >= 15 is 0 Å². The van der Waals surface area contributed by atoms with Crippen LogP contribution in [0.5, 0.6) is 5.75 Å². The van der Waals surface area contributed by atoms with Gasteiger partial charge in [0.2, 0.25) is 0 Å². The molecular formula is C10H13NO. The summed E-state index contributed by atoms with van der Waals surface area (Å²) in [6.07, 6.45) is 2.16. The molecule has 2 N–H and O–H groups in total. The van der Waals surface area contributed by atoms with Crippen LogP contribution in [0.2, 0.25) is 0 Å². The summed E-state index contributed by atoms with van der Waals surface area (Å²) in [7, 11) is 1.69. The maximum atomic E-state index is 5.90. The zero-order chi connectivity index (χ0) is 8.55. The summed E-state index contributed by atoms with van der Waals surface area (Å²) < 4.78 is 5.13. The van der Waals surface area contributed by atoms with Gasteiger partial charge in [-0.2, -0.15) is 0 Å². The zero-order valence-corrected chi connectivity index (χ0v) is 7.21. The molecule has 0 saturated carbocycles. The number of nitrogens with two attached hydrogens (primary N) is 1. The lowest BCUT2D eigenvalue weighted by molar-refractivity contribution is 0.414. The van der Waals surface area contributed by atoms with Crippen LogP contribution < -0.4 is 10.5 Å². The van der Waals surface area contributed by atoms with E-state index in [-0.39, 0.29) is 6.04 Å². The molecule has 1 aromatic rings. The Morgan fingerprint density at radius 3 is 3.08 bits per heavy atom. The first-order chi connectivity index (χ1) is 5.81. The van der Waals surface area contributed by atoms with Crippen LogP contribution in [-0.4, -0.2) is 7.11 Å². The lowest BCUT2D eigenvalue weighted by atomic mass is 10.1. The van der Waals surface area contributed by atoms with E-state index in [4.69, 9.17) is 10.5 Å². The molecular weight excluding hydrogens is 150 g/mol. The molecule has 1 aliphatic carbocycles. The van der Waals surface area contributed by atoms with Crippen molar-refractivity contribution in [1.29, 1.82) is 0 Å². The molecule has 1 aromatic carbocycles. The van der Waals surface area contributed by atoms with E-state index in [1.54, 1.807) is 7.11 Å². The summed E-state index contributed by atoms with van der Waals surface area (Å²) in [4.78, 5) is 0. The Kier molecular flexibility index (Phi) is 1.77. The van der Waals surface area contributed by atoms with E-state index in [1.165, 1.54) is 11.1 Å². The van der Waals surface area contributed by atoms with Gasteiger partial charge < -0.3 is 10.5 Å². The molecule has 1 aliphatic rings. The van der Waals surface area contributed by atoms with Gasteiger partial charge in [-0.15, -0.1) is 0 Å². The molecule has 0 heterocycles. The first-order valence-corrected chi connectivity index (χ1v) is 4.23. The van der Waals surface area contributed by atoms with E-state index in [1.807, 2.05) is 6.07 Å². The Bertz CT molecular complexity index is 296. The van der Waals surface area contributed by atoms with Crippen molar-refractivity contribution < 1.29 is 4.74 Å². The molecule has 0 radical (unpaired) electrons. The second-order valence-electron chi connectivity index (χ2n) is 3.21. The molecule has 0 saturated heterocycles. The SMILES string of the molecule is COc1ccc2c(c1)CC[C@@H]2N. The number of methoxy groups -OCH3 is 1. The molecule has 0 bridgehead atoms. The molecule has 0 spiro atoms. The van der Waals surface area contributed by atoms with Gasteiger partial charge in [0.05, 0.1) is 7.11 Å². The van der Waals surface area contributed by atoms with E-state index in [0.29, 0.717) is 0 Å². The molecule has 0 unspecified atom stereocenters. The summed E-state index contributed by atoms with van der Waals surface area (Å²) in [5, 5.41) is 0. The number of rotatable bonds is 1. The van der Waals surface area contributed by atoms with Crippen molar-refractivity contribution in [3.63, 3.8) is 0 Å². The van der Waals surface area contributed by atoms with Crippen LogP contribution in [0.25, 0.3) is 0 Å². The van der Waals surface area contributed by atoms with Crippen LogP contribution >= 0.6 is 0 Å². The zero-order valence-electron chi connectivity index (χ0n) is 7.21. The van der Waals surface area contributed by atoms with E-state index in [9.17, 15) is 0 Å². The third-order valence-corrected chi connectivity index (χ3v) is 2.47. The highest BCUT2D eigenvalue weighted by Crippen LogP contribution is 2.31. The van der Waals surface area contributed by atoms with Crippen LogP contribution in [-0.2, 0) is 6.42 Å². The molecule has 2 heteroatoms. The van der Waals surface area contributed by atoms with Crippen LogP contribution in [0, 0.1) is 0 Å². The number of ether oxygens (including phenoxy) is 1. The van der Waals surface area contributed by atoms with Gasteiger partial charge in [0.25, 0.3) is 0 Å². The van der Waals surface area contributed by atoms with Gasteiger partial charge in [-0.1, -0.05) is 6.07 Å². The van der Waals surface area contributed by atoms with Crippen molar-refractivity contribution in [1.82, 2.24) is 0 Å². The minimum absolute atomic E-state index is 0.242. The molecule has 12 heavy (non-hydrogen) atoms. The Hall–Kier alpha value is -1.02. The molecule has 0 amide bonds. The fraction of sp³-hybridized carbons (Fsp3) is 0.400. The van der Waals surface area contributed by atoms with Crippen LogP contribution in [0.4, 0.5) is 0 Å². The maximum Gasteiger partial charge on any atom is 0.119 e. The smallest absolute Gasteiger partial charge is 0.119 e. The molecule has 0 aromatic heterocycles. The molecule has 1 atom stereocenters. The molecule has 0 aliphatic heterocycles. The molecule has 64 valence electrons. The molecule has 2 nitrogen and oxygen atoms in total. The fourth-order valence-electron chi connectivity index (χ4n) is 1.75. The standard InChI is InChI=1S/C10H13NO/c1-12-8-3-4-9-7(6-8)2-5-10(9)11/h3-4,6,10H,2,5,11H2,1H3/t10-/m0/s1. The number of hydrogen-bond donors (Lipinski definition) is 1. The largest absolute Gasteiger partial charge is 0.497 e. The summed E-state index contributed by atoms with van der Waals surface area (Å²) in [6.45, 7) is 0. The Morgan fingerprint density at radius 1 is 1.50 bits per heavy atom. The Morgan fingerprint density at radius 2 is 2.33 bits per heavy atom. The third-order valence-electron chi connectivity index (χ3n) is 2.47. The number of benzene rings is 1. The highest BCUT2D eigenvalue weighted by Gasteiger charge is 2.18. The van der Waals surface area contributed by atoms with Crippen molar-refractivity contribution in [2.45, 2.75) is 18.9 Å². The van der Waals surface area contributed by atoms with Gasteiger partial charge in [-0.3, -0.25) is 0 Å². The maximum absolute atomic E-state index is 5.90. The Balaban J connectivity index is 2.41. The predicted octanol–water partition coefficient (Wildman–Crippen LogP) is 1.64. The van der Waals surface area contributed by atoms with Gasteiger partial charge in [-0.25, -0.2) is 0 Å². The van der Waals surface area contributed by atoms with Crippen LogP contribution in [0.1, 0.15) is 23.6 Å². The second kappa shape index (κ2) is 2.79. The minimum Gasteiger partial charge on any atom is -0.497 e. The highest BCUT2D eigenvalue weighted by atomic mass is 16.5. The average molecular weight is 163 g/mol. The number of hydrogen-bond acceptors (Lipinski definition) is 2. The summed E-state index contributed by atoms with van der Waals surface area (Å²) in [6, 6.07) is 6.38. The topological polar surface area (TPSA) is 35.2 Å². The summed E-state index contributed by atoms with van der Waals surface area (Å²) in [5.74, 6) is 0.933. The first kappa shape index (κ1) is 7.62. The summed E-state index contributed by atoms with van der Waals surface area (Å²) >= 11 is 0. The van der Waals surface area contributed by atoms with Crippen molar-refractivity contribution in [2.24, 2.45) is 5.73 Å². The normalized spacial score (nSPS) is 20.7. The number of aryl methyl sites for hydroxylation is 1. The van der Waals surface area contributed by atoms with Gasteiger partial charge in [0, 0.05) is 6.04 Å². The minimum atomic E-state index is 0.242. The number of fused-ring (bicyclic) bond motifs is 1.